The monoisotopic (exact) mass is 210 g/mol. The lowest BCUT2D eigenvalue weighted by molar-refractivity contribution is -0.144. The van der Waals surface area contributed by atoms with E-state index in [2.05, 4.69) is 13.0 Å². The summed E-state index contributed by atoms with van der Waals surface area (Å²) >= 11 is 0. The largest absolute Gasteiger partial charge is 0.481 e. The van der Waals surface area contributed by atoms with E-state index < -0.39 is 5.97 Å². The van der Waals surface area contributed by atoms with Crippen LogP contribution in [0.15, 0.2) is 12.2 Å². The third kappa shape index (κ3) is 4.06. The summed E-state index contributed by atoms with van der Waals surface area (Å²) in [5, 5.41) is 9.19. The molecular weight excluding hydrogens is 188 g/mol. The molecule has 0 amide bonds. The molecule has 1 saturated carbocycles. The molecule has 0 aromatic heterocycles. The number of carboxylic acid groups (broad SMARTS) is 1. The number of hydrogen-bond donors (Lipinski definition) is 1. The molecule has 0 bridgehead atoms. The maximum atomic E-state index is 11.2. The highest BCUT2D eigenvalue weighted by Gasteiger charge is 2.27. The third-order valence-electron chi connectivity index (χ3n) is 3.33. The molecule has 0 aliphatic heterocycles. The van der Waals surface area contributed by atoms with Gasteiger partial charge in [-0.1, -0.05) is 38.3 Å². The van der Waals surface area contributed by atoms with E-state index >= 15 is 0 Å². The van der Waals surface area contributed by atoms with Gasteiger partial charge in [0.1, 0.15) is 0 Å². The smallest absolute Gasteiger partial charge is 0.307 e. The molecule has 0 spiro atoms. The van der Waals surface area contributed by atoms with Gasteiger partial charge in [0.2, 0.25) is 0 Å². The first-order chi connectivity index (χ1) is 7.25. The Bertz CT molecular complexity index is 215. The minimum atomic E-state index is -0.609. The lowest BCUT2D eigenvalue weighted by Crippen LogP contribution is -2.25. The molecule has 1 aliphatic rings. The maximum Gasteiger partial charge on any atom is 0.307 e. The Balaban J connectivity index is 2.48. The average molecular weight is 210 g/mol. The van der Waals surface area contributed by atoms with Gasteiger partial charge in [-0.2, -0.15) is 0 Å². The van der Waals surface area contributed by atoms with Crippen LogP contribution in [0.25, 0.3) is 0 Å². The molecule has 1 rings (SSSR count). The van der Waals surface area contributed by atoms with Crippen LogP contribution in [0.4, 0.5) is 0 Å². The molecule has 1 N–H and O–H groups in total. The van der Waals surface area contributed by atoms with Crippen LogP contribution in [0.1, 0.15) is 51.9 Å². The zero-order valence-corrected chi connectivity index (χ0v) is 9.61. The first-order valence-corrected chi connectivity index (χ1v) is 6.13. The van der Waals surface area contributed by atoms with Crippen molar-refractivity contribution >= 4 is 5.97 Å². The van der Waals surface area contributed by atoms with E-state index in [0.29, 0.717) is 12.3 Å². The van der Waals surface area contributed by atoms with Crippen LogP contribution in [-0.2, 0) is 4.79 Å². The molecule has 2 nitrogen and oxygen atoms in total. The van der Waals surface area contributed by atoms with Crippen molar-refractivity contribution in [2.75, 3.05) is 0 Å². The van der Waals surface area contributed by atoms with E-state index in [9.17, 15) is 9.90 Å². The fraction of sp³-hybridized carbons (Fsp3) is 0.769. The Kier molecular flexibility index (Phi) is 5.44. The Labute approximate surface area is 92.4 Å². The van der Waals surface area contributed by atoms with Gasteiger partial charge in [-0.3, -0.25) is 4.79 Å². The number of allylic oxidation sites excluding steroid dienone is 2. The Hall–Kier alpha value is -0.790. The Morgan fingerprint density at radius 1 is 1.33 bits per heavy atom. The van der Waals surface area contributed by atoms with Gasteiger partial charge in [0.15, 0.2) is 0 Å². The van der Waals surface area contributed by atoms with E-state index in [1.54, 1.807) is 0 Å². The minimum absolute atomic E-state index is 0.145. The van der Waals surface area contributed by atoms with Crippen LogP contribution in [-0.4, -0.2) is 11.1 Å². The first-order valence-electron chi connectivity index (χ1n) is 6.13. The highest BCUT2D eigenvalue weighted by Crippen LogP contribution is 2.32. The van der Waals surface area contributed by atoms with Gasteiger partial charge < -0.3 is 5.11 Å². The molecule has 0 radical (unpaired) electrons. The fourth-order valence-electron chi connectivity index (χ4n) is 2.44. The predicted molar refractivity (Wildman–Crippen MR) is 61.7 cm³/mol. The molecule has 1 fully saturated rings. The van der Waals surface area contributed by atoms with Gasteiger partial charge in [-0.15, -0.1) is 0 Å². The lowest BCUT2D eigenvalue weighted by atomic mass is 9.78. The molecule has 0 saturated heterocycles. The molecule has 1 aliphatic carbocycles. The Morgan fingerprint density at radius 2 is 2.00 bits per heavy atom. The van der Waals surface area contributed by atoms with Crippen molar-refractivity contribution in [3.63, 3.8) is 0 Å². The van der Waals surface area contributed by atoms with Crippen LogP contribution in [0, 0.1) is 11.8 Å². The summed E-state index contributed by atoms with van der Waals surface area (Å²) in [6, 6.07) is 0. The first kappa shape index (κ1) is 12.3. The fourth-order valence-corrected chi connectivity index (χ4v) is 2.44. The van der Waals surface area contributed by atoms with Gasteiger partial charge >= 0.3 is 5.97 Å². The molecule has 0 heterocycles. The second-order valence-electron chi connectivity index (χ2n) is 4.46. The summed E-state index contributed by atoms with van der Waals surface area (Å²) in [6.45, 7) is 2.08. The van der Waals surface area contributed by atoms with Crippen LogP contribution in [0.3, 0.4) is 0 Å². The number of carbonyl (C=O) groups is 1. The van der Waals surface area contributed by atoms with Gasteiger partial charge in [-0.05, 0) is 31.6 Å². The number of carboxylic acids is 1. The summed E-state index contributed by atoms with van der Waals surface area (Å²) in [5.41, 5.74) is 0. The van der Waals surface area contributed by atoms with Crippen LogP contribution in [0.2, 0.25) is 0 Å². The average Bonchev–Trinajstić information content (AvgIpc) is 2.25. The highest BCUT2D eigenvalue weighted by atomic mass is 16.4. The van der Waals surface area contributed by atoms with Crippen molar-refractivity contribution < 1.29 is 9.90 Å². The van der Waals surface area contributed by atoms with E-state index in [-0.39, 0.29) is 5.92 Å². The normalized spacial score (nSPS) is 20.6. The highest BCUT2D eigenvalue weighted by molar-refractivity contribution is 5.70. The summed E-state index contributed by atoms with van der Waals surface area (Å²) in [5.74, 6) is -0.339. The van der Waals surface area contributed by atoms with E-state index in [4.69, 9.17) is 0 Å². The van der Waals surface area contributed by atoms with Crippen LogP contribution in [0.5, 0.6) is 0 Å². The topological polar surface area (TPSA) is 37.3 Å². The summed E-state index contributed by atoms with van der Waals surface area (Å²) < 4.78 is 0. The summed E-state index contributed by atoms with van der Waals surface area (Å²) in [4.78, 5) is 11.2. The van der Waals surface area contributed by atoms with Crippen molar-refractivity contribution in [2.45, 2.75) is 51.9 Å². The van der Waals surface area contributed by atoms with Gasteiger partial charge in [-0.25, -0.2) is 0 Å². The molecule has 15 heavy (non-hydrogen) atoms. The zero-order valence-electron chi connectivity index (χ0n) is 9.61. The van der Waals surface area contributed by atoms with Crippen LogP contribution >= 0.6 is 0 Å². The van der Waals surface area contributed by atoms with Gasteiger partial charge in [0.05, 0.1) is 5.92 Å². The SMILES string of the molecule is CCC=CCC(C(=O)O)C1CCCCC1. The number of hydrogen-bond acceptors (Lipinski definition) is 1. The quantitative estimate of drug-likeness (QED) is 0.704. The number of aliphatic carboxylic acids is 1. The van der Waals surface area contributed by atoms with Crippen molar-refractivity contribution in [2.24, 2.45) is 11.8 Å². The molecule has 86 valence electrons. The lowest BCUT2D eigenvalue weighted by Gasteiger charge is -2.26. The van der Waals surface area contributed by atoms with Crippen molar-refractivity contribution in [1.29, 1.82) is 0 Å². The van der Waals surface area contributed by atoms with Crippen molar-refractivity contribution in [3.05, 3.63) is 12.2 Å². The Morgan fingerprint density at radius 3 is 2.53 bits per heavy atom. The summed E-state index contributed by atoms with van der Waals surface area (Å²) in [6.07, 6.45) is 11.7. The molecule has 1 unspecified atom stereocenters. The van der Waals surface area contributed by atoms with E-state index in [1.165, 1.54) is 19.3 Å². The van der Waals surface area contributed by atoms with Gasteiger partial charge in [0.25, 0.3) is 0 Å². The zero-order chi connectivity index (χ0) is 11.1. The number of rotatable bonds is 5. The second kappa shape index (κ2) is 6.65. The molecule has 0 aromatic carbocycles. The van der Waals surface area contributed by atoms with Crippen LogP contribution < -0.4 is 0 Å². The maximum absolute atomic E-state index is 11.2. The third-order valence-corrected chi connectivity index (χ3v) is 3.33. The van der Waals surface area contributed by atoms with Crippen molar-refractivity contribution in [3.8, 4) is 0 Å². The van der Waals surface area contributed by atoms with Crippen molar-refractivity contribution in [1.82, 2.24) is 0 Å². The van der Waals surface area contributed by atoms with E-state index in [1.807, 2.05) is 6.08 Å². The predicted octanol–water partition coefficient (Wildman–Crippen LogP) is 3.62. The van der Waals surface area contributed by atoms with Gasteiger partial charge in [0, 0.05) is 0 Å². The minimum Gasteiger partial charge on any atom is -0.481 e. The standard InChI is InChI=1S/C13H22O2/c1-2-3-5-10-12(13(14)15)11-8-6-4-7-9-11/h3,5,11-12H,2,4,6-10H2,1H3,(H,14,15). The summed E-state index contributed by atoms with van der Waals surface area (Å²) in [7, 11) is 0. The van der Waals surface area contributed by atoms with E-state index in [0.717, 1.165) is 19.3 Å². The molecule has 0 aromatic rings. The second-order valence-corrected chi connectivity index (χ2v) is 4.46. The molecule has 2 heteroatoms. The molecular formula is C13H22O2. The molecule has 1 atom stereocenters.